The lowest BCUT2D eigenvalue weighted by atomic mass is 10.1. The number of aliphatic hydroxyl groups excluding tert-OH is 1. The van der Waals surface area contributed by atoms with Crippen molar-refractivity contribution >= 4 is 11.8 Å². The predicted molar refractivity (Wildman–Crippen MR) is 76.9 cm³/mol. The van der Waals surface area contributed by atoms with Gasteiger partial charge < -0.3 is 15.3 Å². The first-order valence-corrected chi connectivity index (χ1v) is 6.76. The maximum absolute atomic E-state index is 13.1. The van der Waals surface area contributed by atoms with Crippen LogP contribution in [0.25, 0.3) is 0 Å². The molecule has 0 aliphatic heterocycles. The minimum Gasteiger partial charge on any atom is -0.388 e. The molecule has 2 amide bonds. The molecule has 1 aromatic rings. The molecular weight excluding hydrogens is 275 g/mol. The number of amides is 2. The van der Waals surface area contributed by atoms with Crippen LogP contribution < -0.4 is 5.32 Å². The molecule has 2 N–H and O–H groups in total. The molecule has 0 radical (unpaired) electrons. The molecule has 0 bridgehead atoms. The van der Waals surface area contributed by atoms with Crippen LogP contribution in [0, 0.1) is 5.82 Å². The maximum Gasteiger partial charge on any atom is 0.239 e. The summed E-state index contributed by atoms with van der Waals surface area (Å²) >= 11 is 0. The van der Waals surface area contributed by atoms with Gasteiger partial charge in [0.25, 0.3) is 0 Å². The Kier molecular flexibility index (Phi) is 6.30. The lowest BCUT2D eigenvalue weighted by Gasteiger charge is -2.19. The number of nitrogens with one attached hydrogen (secondary N) is 1. The molecule has 1 unspecified atom stereocenters. The van der Waals surface area contributed by atoms with Crippen LogP contribution in [0.1, 0.15) is 31.9 Å². The van der Waals surface area contributed by atoms with Crippen LogP contribution in [-0.2, 0) is 9.59 Å². The van der Waals surface area contributed by atoms with E-state index < -0.39 is 11.9 Å². The average Bonchev–Trinajstić information content (AvgIpc) is 2.37. The first kappa shape index (κ1) is 17.1. The Morgan fingerprint density at radius 1 is 1.38 bits per heavy atom. The van der Waals surface area contributed by atoms with Gasteiger partial charge in [-0.05, 0) is 31.5 Å². The van der Waals surface area contributed by atoms with Gasteiger partial charge in [0.05, 0.1) is 19.1 Å². The smallest absolute Gasteiger partial charge is 0.239 e. The van der Waals surface area contributed by atoms with Gasteiger partial charge in [-0.2, -0.15) is 0 Å². The van der Waals surface area contributed by atoms with E-state index >= 15 is 0 Å². The summed E-state index contributed by atoms with van der Waals surface area (Å²) < 4.78 is 13.1. The summed E-state index contributed by atoms with van der Waals surface area (Å²) in [6.45, 7) is 3.58. The minimum absolute atomic E-state index is 0.00103. The zero-order chi connectivity index (χ0) is 16.0. The number of hydrogen-bond donors (Lipinski definition) is 2. The molecule has 1 atom stereocenters. The van der Waals surface area contributed by atoms with Gasteiger partial charge in [-0.1, -0.05) is 12.1 Å². The Hall–Kier alpha value is -1.95. The summed E-state index contributed by atoms with van der Waals surface area (Å²) in [5.74, 6) is -1.12. The number of likely N-dealkylation sites (N-methyl/N-ethyl adjacent to an activating group) is 1. The van der Waals surface area contributed by atoms with E-state index in [0.717, 1.165) is 0 Å². The molecule has 0 saturated carbocycles. The molecule has 5 nitrogen and oxygen atoms in total. The number of carbonyl (C=O) groups excluding carboxylic acids is 2. The van der Waals surface area contributed by atoms with Crippen LogP contribution in [0.4, 0.5) is 4.39 Å². The number of carbonyl (C=O) groups is 2. The molecule has 0 spiro atoms. The van der Waals surface area contributed by atoms with E-state index in [1.165, 1.54) is 30.1 Å². The van der Waals surface area contributed by atoms with Gasteiger partial charge >= 0.3 is 0 Å². The highest BCUT2D eigenvalue weighted by Gasteiger charge is 2.18. The zero-order valence-corrected chi connectivity index (χ0v) is 12.5. The first-order valence-electron chi connectivity index (χ1n) is 6.76. The highest BCUT2D eigenvalue weighted by molar-refractivity contribution is 5.84. The van der Waals surface area contributed by atoms with Crippen molar-refractivity contribution in [3.05, 3.63) is 35.6 Å². The molecule has 0 aromatic heterocycles. The molecule has 0 aliphatic rings. The van der Waals surface area contributed by atoms with Gasteiger partial charge in [-0.15, -0.1) is 0 Å². The fourth-order valence-electron chi connectivity index (χ4n) is 1.82. The van der Waals surface area contributed by atoms with E-state index in [0.29, 0.717) is 5.56 Å². The third kappa shape index (κ3) is 5.91. The molecule has 6 heteroatoms. The highest BCUT2D eigenvalue weighted by Crippen LogP contribution is 2.18. The van der Waals surface area contributed by atoms with Crippen molar-refractivity contribution in [2.75, 3.05) is 13.6 Å². The molecule has 21 heavy (non-hydrogen) atoms. The summed E-state index contributed by atoms with van der Waals surface area (Å²) in [4.78, 5) is 24.7. The lowest BCUT2D eigenvalue weighted by Crippen LogP contribution is -2.41. The number of benzene rings is 1. The van der Waals surface area contributed by atoms with E-state index in [-0.39, 0.29) is 30.8 Å². The van der Waals surface area contributed by atoms with Crippen molar-refractivity contribution < 1.29 is 19.1 Å². The lowest BCUT2D eigenvalue weighted by molar-refractivity contribution is -0.136. The second-order valence-electron chi connectivity index (χ2n) is 5.25. The molecule has 0 saturated heterocycles. The van der Waals surface area contributed by atoms with Crippen LogP contribution >= 0.6 is 0 Å². The molecule has 0 fully saturated rings. The molecule has 0 aliphatic carbocycles. The van der Waals surface area contributed by atoms with E-state index in [4.69, 9.17) is 0 Å². The number of halogens is 1. The predicted octanol–water partition coefficient (Wildman–Crippen LogP) is 1.23. The largest absolute Gasteiger partial charge is 0.388 e. The highest BCUT2D eigenvalue weighted by atomic mass is 19.1. The quantitative estimate of drug-likeness (QED) is 0.829. The van der Waals surface area contributed by atoms with E-state index in [1.807, 2.05) is 13.8 Å². The van der Waals surface area contributed by atoms with Crippen molar-refractivity contribution in [2.24, 2.45) is 0 Å². The second-order valence-corrected chi connectivity index (χ2v) is 5.25. The number of rotatable bonds is 6. The van der Waals surface area contributed by atoms with Gasteiger partial charge in [0.2, 0.25) is 11.8 Å². The number of hydrogen-bond acceptors (Lipinski definition) is 3. The Balaban J connectivity index is 2.54. The Morgan fingerprint density at radius 3 is 2.62 bits per heavy atom. The monoisotopic (exact) mass is 296 g/mol. The number of nitrogens with zero attached hydrogens (tertiary/aromatic N) is 1. The van der Waals surface area contributed by atoms with Crippen LogP contribution in [0.2, 0.25) is 0 Å². The van der Waals surface area contributed by atoms with Gasteiger partial charge in [-0.3, -0.25) is 9.59 Å². The van der Waals surface area contributed by atoms with Crippen molar-refractivity contribution in [3.63, 3.8) is 0 Å². The Bertz CT molecular complexity index is 505. The molecule has 1 rings (SSSR count). The fourth-order valence-corrected chi connectivity index (χ4v) is 1.82. The summed E-state index contributed by atoms with van der Waals surface area (Å²) in [7, 11) is 1.49. The van der Waals surface area contributed by atoms with Crippen molar-refractivity contribution in [1.82, 2.24) is 10.2 Å². The van der Waals surface area contributed by atoms with Crippen molar-refractivity contribution in [1.29, 1.82) is 0 Å². The summed E-state index contributed by atoms with van der Waals surface area (Å²) in [6, 6.07) is 5.47. The van der Waals surface area contributed by atoms with Crippen LogP contribution in [0.5, 0.6) is 0 Å². The molecule has 1 aromatic carbocycles. The standard InChI is InChI=1S/C15H21FN2O3/c1-10(2)17-14(20)9-18(3)15(21)8-13(19)11-5-4-6-12(16)7-11/h4-7,10,13,19H,8-9H2,1-3H3,(H,17,20). The molecule has 0 heterocycles. The number of aliphatic hydroxyl groups is 1. The second kappa shape index (κ2) is 7.73. The Morgan fingerprint density at radius 2 is 2.05 bits per heavy atom. The van der Waals surface area contributed by atoms with Crippen LogP contribution in [0.3, 0.4) is 0 Å². The van der Waals surface area contributed by atoms with Gasteiger partial charge in [0, 0.05) is 13.1 Å². The topological polar surface area (TPSA) is 69.6 Å². The van der Waals surface area contributed by atoms with E-state index in [1.54, 1.807) is 6.07 Å². The average molecular weight is 296 g/mol. The van der Waals surface area contributed by atoms with Crippen LogP contribution in [0.15, 0.2) is 24.3 Å². The third-order valence-electron chi connectivity index (χ3n) is 2.86. The van der Waals surface area contributed by atoms with E-state index in [9.17, 15) is 19.1 Å². The van der Waals surface area contributed by atoms with Gasteiger partial charge in [0.15, 0.2) is 0 Å². The summed E-state index contributed by atoms with van der Waals surface area (Å²) in [5, 5.41) is 12.6. The fraction of sp³-hybridized carbons (Fsp3) is 0.467. The summed E-state index contributed by atoms with van der Waals surface area (Å²) in [6.07, 6.45) is -1.29. The van der Waals surface area contributed by atoms with Gasteiger partial charge in [-0.25, -0.2) is 4.39 Å². The first-order chi connectivity index (χ1) is 9.79. The Labute approximate surface area is 123 Å². The van der Waals surface area contributed by atoms with Crippen LogP contribution in [-0.4, -0.2) is 41.5 Å². The summed E-state index contributed by atoms with van der Waals surface area (Å²) in [5.41, 5.74) is 0.336. The van der Waals surface area contributed by atoms with Crippen molar-refractivity contribution in [3.8, 4) is 0 Å². The van der Waals surface area contributed by atoms with Crippen molar-refractivity contribution in [2.45, 2.75) is 32.4 Å². The van der Waals surface area contributed by atoms with Gasteiger partial charge in [0.1, 0.15) is 5.82 Å². The molecular formula is C15H21FN2O3. The third-order valence-corrected chi connectivity index (χ3v) is 2.86. The molecule has 116 valence electrons. The normalized spacial score (nSPS) is 12.1. The maximum atomic E-state index is 13.1. The van der Waals surface area contributed by atoms with E-state index in [2.05, 4.69) is 5.32 Å². The minimum atomic E-state index is -1.09. The SMILES string of the molecule is CC(C)NC(=O)CN(C)C(=O)CC(O)c1cccc(F)c1. The zero-order valence-electron chi connectivity index (χ0n) is 12.5.